The Morgan fingerprint density at radius 2 is 2.21 bits per heavy atom. The summed E-state index contributed by atoms with van der Waals surface area (Å²) in [7, 11) is 0. The van der Waals surface area contributed by atoms with E-state index in [-0.39, 0.29) is 32.0 Å². The minimum absolute atomic E-state index is 0.00104. The molecule has 2 aliphatic heterocycles. The molecule has 0 saturated carbocycles. The molecule has 0 aromatic heterocycles. The third-order valence-electron chi connectivity index (χ3n) is 4.19. The van der Waals surface area contributed by atoms with Crippen molar-refractivity contribution in [2.24, 2.45) is 5.41 Å². The molecule has 2 atom stereocenters. The topological polar surface area (TPSA) is 38.3 Å². The van der Waals surface area contributed by atoms with Crippen molar-refractivity contribution in [1.29, 1.82) is 0 Å². The van der Waals surface area contributed by atoms with Crippen LogP contribution in [0.15, 0.2) is 0 Å². The number of alkyl halides is 3. The summed E-state index contributed by atoms with van der Waals surface area (Å²) >= 11 is 0. The van der Waals surface area contributed by atoms with Gasteiger partial charge in [-0.25, -0.2) is 0 Å². The molecule has 2 aliphatic rings. The Hall–Kier alpha value is -0.620. The van der Waals surface area contributed by atoms with Crippen LogP contribution in [0.25, 0.3) is 0 Å². The summed E-state index contributed by atoms with van der Waals surface area (Å²) in [5.74, 6) is -0.664. The molecule has 2 unspecified atom stereocenters. The molecule has 0 spiro atoms. The lowest BCUT2D eigenvalue weighted by Crippen LogP contribution is -2.46. The van der Waals surface area contributed by atoms with E-state index >= 15 is 0 Å². The number of ketones is 1. The van der Waals surface area contributed by atoms with Crippen molar-refractivity contribution < 1.29 is 22.7 Å². The third kappa shape index (κ3) is 3.11. The summed E-state index contributed by atoms with van der Waals surface area (Å²) in [4.78, 5) is 12.0. The molecule has 1 N–H and O–H groups in total. The van der Waals surface area contributed by atoms with Gasteiger partial charge < -0.3 is 10.1 Å². The van der Waals surface area contributed by atoms with Gasteiger partial charge in [-0.05, 0) is 38.6 Å². The predicted molar refractivity (Wildman–Crippen MR) is 63.8 cm³/mol. The van der Waals surface area contributed by atoms with Gasteiger partial charge in [-0.2, -0.15) is 13.2 Å². The molecule has 0 radical (unpaired) electrons. The quantitative estimate of drug-likeness (QED) is 0.840. The fourth-order valence-corrected chi connectivity index (χ4v) is 2.93. The van der Waals surface area contributed by atoms with E-state index in [9.17, 15) is 18.0 Å². The fraction of sp³-hybridized carbons (Fsp3) is 0.923. The van der Waals surface area contributed by atoms with Crippen LogP contribution in [-0.2, 0) is 9.53 Å². The number of Topliss-reactive ketones (excluding diaryl/α,β-unsaturated/α-hetero) is 1. The van der Waals surface area contributed by atoms with Gasteiger partial charge in [0.15, 0.2) is 0 Å². The fourth-order valence-electron chi connectivity index (χ4n) is 2.93. The number of ether oxygens (including phenoxy) is 1. The molecule has 2 rings (SSSR count). The molecular formula is C13H20F3NO2. The van der Waals surface area contributed by atoms with Crippen LogP contribution in [0.4, 0.5) is 13.2 Å². The summed E-state index contributed by atoms with van der Waals surface area (Å²) in [5.41, 5.74) is -2.15. The lowest BCUT2D eigenvalue weighted by Gasteiger charge is -2.29. The van der Waals surface area contributed by atoms with E-state index in [1.54, 1.807) is 0 Å². The second-order valence-corrected chi connectivity index (χ2v) is 5.46. The summed E-state index contributed by atoms with van der Waals surface area (Å²) in [6, 6.07) is 0. The van der Waals surface area contributed by atoms with Gasteiger partial charge in [-0.3, -0.25) is 4.79 Å². The lowest BCUT2D eigenvalue weighted by atomic mass is 9.79. The number of nitrogens with one attached hydrogen (secondary N) is 1. The summed E-state index contributed by atoms with van der Waals surface area (Å²) in [6.45, 7) is 0.723. The van der Waals surface area contributed by atoms with E-state index in [0.717, 1.165) is 19.4 Å². The van der Waals surface area contributed by atoms with Crippen LogP contribution < -0.4 is 5.32 Å². The summed E-state index contributed by atoms with van der Waals surface area (Å²) in [5, 5.41) is 2.67. The predicted octanol–water partition coefficient (Wildman–Crippen LogP) is 2.45. The van der Waals surface area contributed by atoms with Crippen LogP contribution >= 0.6 is 0 Å². The molecule has 2 heterocycles. The SMILES string of the molecule is O=C(CCCC1CCCO1)C1(C(F)(F)F)CCNC1. The van der Waals surface area contributed by atoms with Crippen LogP contribution in [0.1, 0.15) is 38.5 Å². The van der Waals surface area contributed by atoms with Crippen molar-refractivity contribution >= 4 is 5.78 Å². The second-order valence-electron chi connectivity index (χ2n) is 5.46. The molecular weight excluding hydrogens is 259 g/mol. The van der Waals surface area contributed by atoms with Crippen LogP contribution in [-0.4, -0.2) is 37.8 Å². The van der Waals surface area contributed by atoms with Gasteiger partial charge in [0.05, 0.1) is 6.10 Å². The number of carbonyl (C=O) groups is 1. The minimum Gasteiger partial charge on any atom is -0.378 e. The van der Waals surface area contributed by atoms with Gasteiger partial charge in [0.1, 0.15) is 11.2 Å². The van der Waals surface area contributed by atoms with Gasteiger partial charge in [-0.15, -0.1) is 0 Å². The van der Waals surface area contributed by atoms with E-state index in [1.165, 1.54) is 0 Å². The van der Waals surface area contributed by atoms with Crippen LogP contribution in [0.3, 0.4) is 0 Å². The molecule has 0 bridgehead atoms. The van der Waals surface area contributed by atoms with Crippen LogP contribution in [0.2, 0.25) is 0 Å². The van der Waals surface area contributed by atoms with E-state index in [0.29, 0.717) is 12.8 Å². The Bertz CT molecular complexity index is 318. The van der Waals surface area contributed by atoms with Gasteiger partial charge in [0.2, 0.25) is 0 Å². The number of hydrogen-bond acceptors (Lipinski definition) is 3. The average molecular weight is 279 g/mol. The van der Waals surface area contributed by atoms with Crippen molar-refractivity contribution in [2.75, 3.05) is 19.7 Å². The molecule has 0 aromatic rings. The Kier molecular flexibility index (Phi) is 4.50. The Morgan fingerprint density at radius 3 is 2.74 bits per heavy atom. The number of rotatable bonds is 5. The number of carbonyl (C=O) groups excluding carboxylic acids is 1. The molecule has 110 valence electrons. The minimum atomic E-state index is -4.45. The largest absolute Gasteiger partial charge is 0.402 e. The van der Waals surface area contributed by atoms with E-state index in [1.807, 2.05) is 0 Å². The van der Waals surface area contributed by atoms with Crippen molar-refractivity contribution in [3.8, 4) is 0 Å². The molecule has 0 amide bonds. The van der Waals surface area contributed by atoms with Gasteiger partial charge in [0.25, 0.3) is 0 Å². The second kappa shape index (κ2) is 5.79. The van der Waals surface area contributed by atoms with Crippen molar-refractivity contribution in [1.82, 2.24) is 5.32 Å². The maximum Gasteiger partial charge on any atom is 0.402 e. The maximum atomic E-state index is 13.1. The molecule has 0 aromatic carbocycles. The van der Waals surface area contributed by atoms with Gasteiger partial charge >= 0.3 is 6.18 Å². The first-order valence-electron chi connectivity index (χ1n) is 6.88. The molecule has 19 heavy (non-hydrogen) atoms. The van der Waals surface area contributed by atoms with E-state index in [2.05, 4.69) is 5.32 Å². The molecule has 2 saturated heterocycles. The van der Waals surface area contributed by atoms with Crippen LogP contribution in [0, 0.1) is 5.41 Å². The average Bonchev–Trinajstić information content (AvgIpc) is 2.99. The van der Waals surface area contributed by atoms with Gasteiger partial charge in [-0.1, -0.05) is 0 Å². The Balaban J connectivity index is 1.86. The van der Waals surface area contributed by atoms with Crippen molar-refractivity contribution in [3.05, 3.63) is 0 Å². The first-order chi connectivity index (χ1) is 8.96. The number of hydrogen-bond donors (Lipinski definition) is 1. The first-order valence-corrected chi connectivity index (χ1v) is 6.88. The first kappa shape index (κ1) is 14.8. The van der Waals surface area contributed by atoms with Gasteiger partial charge in [0, 0.05) is 19.6 Å². The highest BCUT2D eigenvalue weighted by Gasteiger charge is 2.60. The van der Waals surface area contributed by atoms with Crippen molar-refractivity contribution in [3.63, 3.8) is 0 Å². The maximum absolute atomic E-state index is 13.1. The highest BCUT2D eigenvalue weighted by atomic mass is 19.4. The zero-order valence-electron chi connectivity index (χ0n) is 10.9. The smallest absolute Gasteiger partial charge is 0.378 e. The normalized spacial score (nSPS) is 31.8. The Labute approximate surface area is 110 Å². The van der Waals surface area contributed by atoms with E-state index in [4.69, 9.17) is 4.74 Å². The lowest BCUT2D eigenvalue weighted by molar-refractivity contribution is -0.214. The highest BCUT2D eigenvalue weighted by molar-refractivity contribution is 5.86. The molecule has 0 aliphatic carbocycles. The zero-order chi connectivity index (χ0) is 13.9. The highest BCUT2D eigenvalue weighted by Crippen LogP contribution is 2.44. The number of halogens is 3. The molecule has 2 fully saturated rings. The summed E-state index contributed by atoms with van der Waals surface area (Å²) < 4.78 is 44.7. The third-order valence-corrected chi connectivity index (χ3v) is 4.19. The van der Waals surface area contributed by atoms with Crippen molar-refractivity contribution in [2.45, 2.75) is 50.8 Å². The zero-order valence-corrected chi connectivity index (χ0v) is 10.9. The standard InChI is InChI=1S/C13H20F3NO2/c14-13(15,16)12(6-7-17-9-12)11(18)5-1-3-10-4-2-8-19-10/h10,17H,1-9H2. The van der Waals surface area contributed by atoms with E-state index < -0.39 is 17.4 Å². The summed E-state index contributed by atoms with van der Waals surface area (Å²) in [6.07, 6.45) is -1.30. The van der Waals surface area contributed by atoms with Crippen LogP contribution in [0.5, 0.6) is 0 Å². The monoisotopic (exact) mass is 279 g/mol. The Morgan fingerprint density at radius 1 is 1.42 bits per heavy atom. The molecule has 6 heteroatoms. The molecule has 3 nitrogen and oxygen atoms in total.